The first kappa shape index (κ1) is 17.8. The Bertz CT molecular complexity index is 980. The van der Waals surface area contributed by atoms with Gasteiger partial charge in [-0.05, 0) is 42.7 Å². The molecule has 1 aromatic heterocycles. The van der Waals surface area contributed by atoms with Crippen LogP contribution in [-0.4, -0.2) is 19.8 Å². The number of ether oxygens (including phenoxy) is 1. The Morgan fingerprint density at radius 2 is 1.72 bits per heavy atom. The molecule has 8 heteroatoms. The Morgan fingerprint density at radius 1 is 1.08 bits per heavy atom. The van der Waals surface area contributed by atoms with Crippen LogP contribution >= 0.6 is 22.4 Å². The van der Waals surface area contributed by atoms with Gasteiger partial charge in [0.2, 0.25) is 0 Å². The lowest BCUT2D eigenvalue weighted by molar-refractivity contribution is 0.387. The van der Waals surface area contributed by atoms with E-state index in [2.05, 4.69) is 5.16 Å². The fourth-order valence-corrected chi connectivity index (χ4v) is 3.38. The van der Waals surface area contributed by atoms with Gasteiger partial charge in [0.1, 0.15) is 5.75 Å². The summed E-state index contributed by atoms with van der Waals surface area (Å²) in [6, 6.07) is 13.7. The summed E-state index contributed by atoms with van der Waals surface area (Å²) in [6.45, 7) is 1.75. The van der Waals surface area contributed by atoms with E-state index in [1.165, 1.54) is 24.3 Å². The number of aromatic nitrogens is 1. The molecule has 0 amide bonds. The van der Waals surface area contributed by atoms with Crippen molar-refractivity contribution >= 4 is 31.5 Å². The molecular weight excluding hydrogens is 382 g/mol. The molecule has 0 aliphatic heterocycles. The van der Waals surface area contributed by atoms with Gasteiger partial charge in [0.15, 0.2) is 17.2 Å². The third kappa shape index (κ3) is 4.00. The third-order valence-electron chi connectivity index (χ3n) is 3.50. The molecule has 0 fully saturated rings. The van der Waals surface area contributed by atoms with Crippen molar-refractivity contribution in [1.29, 1.82) is 0 Å². The van der Waals surface area contributed by atoms with Gasteiger partial charge in [-0.2, -0.15) is 0 Å². The van der Waals surface area contributed by atoms with Crippen LogP contribution < -0.4 is 4.74 Å². The summed E-state index contributed by atoms with van der Waals surface area (Å²) in [6.07, 6.45) is 2.01. The molecule has 5 nitrogen and oxygen atoms in total. The van der Waals surface area contributed by atoms with E-state index in [0.29, 0.717) is 23.0 Å². The predicted octanol–water partition coefficient (Wildman–Crippen LogP) is 5.09. The summed E-state index contributed by atoms with van der Waals surface area (Å²) < 4.78 is 33.7. The first-order valence-corrected chi connectivity index (χ1v) is 10.7. The summed E-state index contributed by atoms with van der Waals surface area (Å²) in [4.78, 5) is 1.15. The topological polar surface area (TPSA) is 69.4 Å². The van der Waals surface area contributed by atoms with Crippen molar-refractivity contribution < 1.29 is 17.7 Å². The maximum absolute atomic E-state index is 11.3. The van der Waals surface area contributed by atoms with Crippen LogP contribution in [0.3, 0.4) is 0 Å². The highest BCUT2D eigenvalue weighted by Gasteiger charge is 2.18. The van der Waals surface area contributed by atoms with Gasteiger partial charge in [-0.25, -0.2) is 8.42 Å². The van der Waals surface area contributed by atoms with Crippen molar-refractivity contribution in [3.05, 3.63) is 54.3 Å². The molecule has 3 aromatic rings. The van der Waals surface area contributed by atoms with E-state index >= 15 is 0 Å². The standard InChI is InChI=1S/C17H14ClNO4S2/c1-11-17(22-13-5-9-15(10-6-13)25(18,20)21)16(19-23-11)12-3-7-14(24-2)8-4-12/h3-10H,1-2H3. The summed E-state index contributed by atoms with van der Waals surface area (Å²) in [5, 5.41) is 4.07. The van der Waals surface area contributed by atoms with E-state index in [-0.39, 0.29) is 4.90 Å². The second-order valence-electron chi connectivity index (χ2n) is 5.16. The van der Waals surface area contributed by atoms with Crippen molar-refractivity contribution in [3.8, 4) is 22.8 Å². The maximum atomic E-state index is 11.3. The van der Waals surface area contributed by atoms with Crippen LogP contribution in [0.25, 0.3) is 11.3 Å². The minimum atomic E-state index is -3.76. The number of hydrogen-bond acceptors (Lipinski definition) is 6. The highest BCUT2D eigenvalue weighted by molar-refractivity contribution is 8.13. The zero-order valence-corrected chi connectivity index (χ0v) is 15.8. The predicted molar refractivity (Wildman–Crippen MR) is 98.0 cm³/mol. The minimum absolute atomic E-state index is 0.0106. The van der Waals surface area contributed by atoms with E-state index in [0.717, 1.165) is 10.5 Å². The van der Waals surface area contributed by atoms with Crippen molar-refractivity contribution in [2.75, 3.05) is 6.26 Å². The highest BCUT2D eigenvalue weighted by atomic mass is 35.7. The Morgan fingerprint density at radius 3 is 2.28 bits per heavy atom. The zero-order chi connectivity index (χ0) is 18.0. The van der Waals surface area contributed by atoms with Crippen molar-refractivity contribution in [3.63, 3.8) is 0 Å². The van der Waals surface area contributed by atoms with E-state index in [1.807, 2.05) is 30.5 Å². The first-order chi connectivity index (χ1) is 11.9. The molecule has 0 unspecified atom stereocenters. The minimum Gasteiger partial charge on any atom is -0.451 e. The lowest BCUT2D eigenvalue weighted by atomic mass is 10.1. The van der Waals surface area contributed by atoms with E-state index in [1.54, 1.807) is 18.7 Å². The second-order valence-corrected chi connectivity index (χ2v) is 8.60. The monoisotopic (exact) mass is 395 g/mol. The molecule has 1 heterocycles. The van der Waals surface area contributed by atoms with Crippen molar-refractivity contribution in [2.45, 2.75) is 16.7 Å². The first-order valence-electron chi connectivity index (χ1n) is 7.22. The molecule has 0 atom stereocenters. The fraction of sp³-hybridized carbons (Fsp3) is 0.118. The number of aryl methyl sites for hydroxylation is 1. The molecule has 0 saturated heterocycles. The summed E-state index contributed by atoms with van der Waals surface area (Å²) >= 11 is 1.65. The van der Waals surface area contributed by atoms with Gasteiger partial charge >= 0.3 is 0 Å². The smallest absolute Gasteiger partial charge is 0.261 e. The molecule has 3 rings (SSSR count). The average Bonchev–Trinajstić information content (AvgIpc) is 2.95. The lowest BCUT2D eigenvalue weighted by Gasteiger charge is -2.07. The van der Waals surface area contributed by atoms with Crippen LogP contribution in [0.2, 0.25) is 0 Å². The van der Waals surface area contributed by atoms with Gasteiger partial charge < -0.3 is 9.26 Å². The lowest BCUT2D eigenvalue weighted by Crippen LogP contribution is -1.91. The highest BCUT2D eigenvalue weighted by Crippen LogP contribution is 2.36. The van der Waals surface area contributed by atoms with Crippen LogP contribution in [-0.2, 0) is 9.05 Å². The third-order valence-corrected chi connectivity index (χ3v) is 5.61. The average molecular weight is 396 g/mol. The number of nitrogens with zero attached hydrogens (tertiary/aromatic N) is 1. The van der Waals surface area contributed by atoms with E-state index < -0.39 is 9.05 Å². The molecule has 0 aliphatic rings. The Labute approximate surface area is 154 Å². The number of thioether (sulfide) groups is 1. The van der Waals surface area contributed by atoms with Crippen LogP contribution in [0.1, 0.15) is 5.76 Å². The van der Waals surface area contributed by atoms with Gasteiger partial charge in [-0.1, -0.05) is 17.3 Å². The van der Waals surface area contributed by atoms with Crippen molar-refractivity contribution in [1.82, 2.24) is 5.16 Å². The Balaban J connectivity index is 1.91. The molecule has 0 aliphatic carbocycles. The number of rotatable bonds is 5. The maximum Gasteiger partial charge on any atom is 0.261 e. The molecule has 2 aromatic carbocycles. The van der Waals surface area contributed by atoms with Crippen LogP contribution in [0.4, 0.5) is 0 Å². The molecule has 0 radical (unpaired) electrons. The van der Waals surface area contributed by atoms with Gasteiger partial charge in [-0.15, -0.1) is 11.8 Å². The molecule has 0 bridgehead atoms. The molecule has 0 saturated carbocycles. The normalized spacial score (nSPS) is 11.5. The molecular formula is C17H14ClNO4S2. The van der Waals surface area contributed by atoms with Gasteiger partial charge in [0.25, 0.3) is 9.05 Å². The van der Waals surface area contributed by atoms with Crippen LogP contribution in [0.15, 0.2) is 62.8 Å². The van der Waals surface area contributed by atoms with E-state index in [9.17, 15) is 8.42 Å². The molecule has 25 heavy (non-hydrogen) atoms. The summed E-state index contributed by atoms with van der Waals surface area (Å²) in [7, 11) is 1.55. The Hall–Kier alpha value is -1.96. The van der Waals surface area contributed by atoms with Gasteiger partial charge in [0.05, 0.1) is 4.90 Å². The quantitative estimate of drug-likeness (QED) is 0.442. The van der Waals surface area contributed by atoms with Gasteiger partial charge in [-0.3, -0.25) is 0 Å². The molecule has 130 valence electrons. The zero-order valence-electron chi connectivity index (χ0n) is 13.4. The number of hydrogen-bond donors (Lipinski definition) is 0. The summed E-state index contributed by atoms with van der Waals surface area (Å²) in [5.74, 6) is 1.47. The van der Waals surface area contributed by atoms with Crippen LogP contribution in [0, 0.1) is 6.92 Å². The number of benzene rings is 2. The molecule has 0 N–H and O–H groups in total. The fourth-order valence-electron chi connectivity index (χ4n) is 2.20. The SMILES string of the molecule is CSc1ccc(-c2noc(C)c2Oc2ccc(S(=O)(=O)Cl)cc2)cc1. The molecule has 0 spiro atoms. The largest absolute Gasteiger partial charge is 0.451 e. The van der Waals surface area contributed by atoms with Crippen LogP contribution in [0.5, 0.6) is 11.5 Å². The van der Waals surface area contributed by atoms with Crippen molar-refractivity contribution in [2.24, 2.45) is 0 Å². The summed E-state index contributed by atoms with van der Waals surface area (Å²) in [5.41, 5.74) is 1.45. The van der Waals surface area contributed by atoms with E-state index in [4.69, 9.17) is 19.9 Å². The van der Waals surface area contributed by atoms with Gasteiger partial charge in [0, 0.05) is 28.1 Å². The number of halogens is 1. The second kappa shape index (κ2) is 7.11. The Kier molecular flexibility index (Phi) is 5.08.